The molecule has 1 fully saturated rings. The summed E-state index contributed by atoms with van der Waals surface area (Å²) in [7, 11) is 0. The van der Waals surface area contributed by atoms with Gasteiger partial charge in [0.15, 0.2) is 0 Å². The molecule has 0 unspecified atom stereocenters. The topological polar surface area (TPSA) is 44.0 Å². The molecule has 0 aromatic rings. The van der Waals surface area contributed by atoms with Crippen molar-refractivity contribution in [3.63, 3.8) is 0 Å². The lowest BCUT2D eigenvalue weighted by molar-refractivity contribution is 0.137. The Hall–Kier alpha value is -0.200. The summed E-state index contributed by atoms with van der Waals surface area (Å²) in [6.45, 7) is 0. The summed E-state index contributed by atoms with van der Waals surface area (Å²) in [5, 5.41) is 18.3. The number of rotatable bonds is 3. The number of hydrogen-bond acceptors (Lipinski definition) is 3. The first-order chi connectivity index (χ1) is 5.84. The van der Waals surface area contributed by atoms with E-state index in [2.05, 4.69) is 6.07 Å². The first-order valence-corrected chi connectivity index (χ1v) is 5.56. The third kappa shape index (κ3) is 3.04. The molecule has 1 saturated carbocycles. The van der Waals surface area contributed by atoms with Gasteiger partial charge in [0.2, 0.25) is 0 Å². The molecule has 0 aromatic carbocycles. The van der Waals surface area contributed by atoms with E-state index in [-0.39, 0.29) is 6.10 Å². The Labute approximate surface area is 78.0 Å². The summed E-state index contributed by atoms with van der Waals surface area (Å²) < 4.78 is 0. The molecule has 2 nitrogen and oxygen atoms in total. The second-order valence-electron chi connectivity index (χ2n) is 3.17. The standard InChI is InChI=1S/C9H15NOS/c10-6-3-7-12-9-5-2-1-4-8(9)11/h8-9,11H,1-5,7H2/t8-,9-/m1/s1. The van der Waals surface area contributed by atoms with Crippen molar-refractivity contribution in [3.05, 3.63) is 0 Å². The van der Waals surface area contributed by atoms with Crippen LogP contribution in [0.1, 0.15) is 32.1 Å². The molecule has 0 aromatic heterocycles. The summed E-state index contributed by atoms with van der Waals surface area (Å²) in [5.41, 5.74) is 0. The van der Waals surface area contributed by atoms with Crippen LogP contribution in [0.15, 0.2) is 0 Å². The number of aliphatic hydroxyl groups excluding tert-OH is 1. The van der Waals surface area contributed by atoms with Crippen LogP contribution in [0.4, 0.5) is 0 Å². The van der Waals surface area contributed by atoms with Gasteiger partial charge in [0.25, 0.3) is 0 Å². The fourth-order valence-corrected chi connectivity index (χ4v) is 2.73. The summed E-state index contributed by atoms with van der Waals surface area (Å²) in [6.07, 6.45) is 4.95. The van der Waals surface area contributed by atoms with E-state index in [4.69, 9.17) is 5.26 Å². The third-order valence-electron chi connectivity index (χ3n) is 2.21. The second kappa shape index (κ2) is 5.45. The van der Waals surface area contributed by atoms with Gasteiger partial charge in [-0.05, 0) is 12.8 Å². The minimum atomic E-state index is -0.123. The monoisotopic (exact) mass is 185 g/mol. The van der Waals surface area contributed by atoms with Gasteiger partial charge in [-0.15, -0.1) is 0 Å². The van der Waals surface area contributed by atoms with Crippen LogP contribution in [0.3, 0.4) is 0 Å². The Kier molecular flexibility index (Phi) is 4.49. The van der Waals surface area contributed by atoms with Crippen LogP contribution in [-0.4, -0.2) is 22.2 Å². The highest BCUT2D eigenvalue weighted by Crippen LogP contribution is 2.28. The molecule has 0 radical (unpaired) electrons. The van der Waals surface area contributed by atoms with Gasteiger partial charge < -0.3 is 5.11 Å². The van der Waals surface area contributed by atoms with Crippen molar-refractivity contribution in [2.45, 2.75) is 43.5 Å². The molecule has 1 N–H and O–H groups in total. The van der Waals surface area contributed by atoms with Gasteiger partial charge in [-0.1, -0.05) is 12.8 Å². The van der Waals surface area contributed by atoms with Gasteiger partial charge in [0.05, 0.1) is 12.2 Å². The van der Waals surface area contributed by atoms with Gasteiger partial charge in [-0.3, -0.25) is 0 Å². The van der Waals surface area contributed by atoms with E-state index in [0.717, 1.165) is 25.0 Å². The van der Waals surface area contributed by atoms with Crippen LogP contribution in [-0.2, 0) is 0 Å². The lowest BCUT2D eigenvalue weighted by Crippen LogP contribution is -2.27. The number of aliphatic hydroxyl groups is 1. The highest BCUT2D eigenvalue weighted by atomic mass is 32.2. The van der Waals surface area contributed by atoms with E-state index >= 15 is 0 Å². The van der Waals surface area contributed by atoms with E-state index in [1.54, 1.807) is 11.8 Å². The van der Waals surface area contributed by atoms with Crippen LogP contribution in [0.2, 0.25) is 0 Å². The smallest absolute Gasteiger partial charge is 0.0658 e. The highest BCUT2D eigenvalue weighted by Gasteiger charge is 2.22. The molecule has 2 atom stereocenters. The molecule has 1 aliphatic rings. The predicted octanol–water partition coefficient (Wildman–Crippen LogP) is 1.94. The Bertz CT molecular complexity index is 166. The van der Waals surface area contributed by atoms with Crippen molar-refractivity contribution in [2.24, 2.45) is 0 Å². The molecular weight excluding hydrogens is 170 g/mol. The zero-order chi connectivity index (χ0) is 8.81. The lowest BCUT2D eigenvalue weighted by Gasteiger charge is -2.26. The average Bonchev–Trinajstić information content (AvgIpc) is 2.09. The Morgan fingerprint density at radius 2 is 2.17 bits per heavy atom. The zero-order valence-corrected chi connectivity index (χ0v) is 8.02. The lowest BCUT2D eigenvalue weighted by atomic mass is 9.97. The number of thioether (sulfide) groups is 1. The molecule has 12 heavy (non-hydrogen) atoms. The van der Waals surface area contributed by atoms with Crippen LogP contribution >= 0.6 is 11.8 Å². The van der Waals surface area contributed by atoms with Crippen molar-refractivity contribution < 1.29 is 5.11 Å². The molecule has 1 aliphatic carbocycles. The van der Waals surface area contributed by atoms with Crippen LogP contribution in [0, 0.1) is 11.3 Å². The molecule has 0 aliphatic heterocycles. The van der Waals surface area contributed by atoms with Crippen molar-refractivity contribution in [2.75, 3.05) is 5.75 Å². The van der Waals surface area contributed by atoms with Gasteiger partial charge in [0.1, 0.15) is 0 Å². The average molecular weight is 185 g/mol. The molecule has 0 heterocycles. The maximum absolute atomic E-state index is 9.56. The molecule has 0 spiro atoms. The maximum Gasteiger partial charge on any atom is 0.0658 e. The molecule has 68 valence electrons. The second-order valence-corrected chi connectivity index (χ2v) is 4.52. The minimum Gasteiger partial charge on any atom is -0.392 e. The molecule has 0 amide bonds. The molecule has 0 saturated heterocycles. The van der Waals surface area contributed by atoms with Crippen molar-refractivity contribution >= 4 is 11.8 Å². The molecular formula is C9H15NOS. The number of nitrogens with zero attached hydrogens (tertiary/aromatic N) is 1. The van der Waals surface area contributed by atoms with Gasteiger partial charge in [0, 0.05) is 17.4 Å². The summed E-state index contributed by atoms with van der Waals surface area (Å²) in [5.74, 6) is 0.873. The van der Waals surface area contributed by atoms with E-state index < -0.39 is 0 Å². The van der Waals surface area contributed by atoms with E-state index in [1.165, 1.54) is 6.42 Å². The zero-order valence-electron chi connectivity index (χ0n) is 7.20. The number of hydrogen-bond donors (Lipinski definition) is 1. The van der Waals surface area contributed by atoms with Crippen molar-refractivity contribution in [3.8, 4) is 6.07 Å². The van der Waals surface area contributed by atoms with Crippen LogP contribution in [0.25, 0.3) is 0 Å². The first kappa shape index (κ1) is 9.88. The highest BCUT2D eigenvalue weighted by molar-refractivity contribution is 7.99. The maximum atomic E-state index is 9.56. The van der Waals surface area contributed by atoms with Crippen molar-refractivity contribution in [1.82, 2.24) is 0 Å². The fraction of sp³-hybridized carbons (Fsp3) is 0.889. The molecule has 3 heteroatoms. The Morgan fingerprint density at radius 3 is 2.83 bits per heavy atom. The van der Waals surface area contributed by atoms with E-state index in [9.17, 15) is 5.11 Å². The summed E-state index contributed by atoms with van der Waals surface area (Å²) in [4.78, 5) is 0. The third-order valence-corrected chi connectivity index (χ3v) is 3.63. The van der Waals surface area contributed by atoms with E-state index in [0.29, 0.717) is 11.7 Å². The predicted molar refractivity (Wildman–Crippen MR) is 51.0 cm³/mol. The first-order valence-electron chi connectivity index (χ1n) is 4.51. The Balaban J connectivity index is 2.16. The summed E-state index contributed by atoms with van der Waals surface area (Å²) >= 11 is 1.76. The van der Waals surface area contributed by atoms with Gasteiger partial charge in [-0.2, -0.15) is 17.0 Å². The van der Waals surface area contributed by atoms with Gasteiger partial charge in [-0.25, -0.2) is 0 Å². The SMILES string of the molecule is N#CCCS[C@@H]1CCCC[C@H]1O. The molecule has 0 bridgehead atoms. The normalized spacial score (nSPS) is 29.7. The fourth-order valence-electron chi connectivity index (χ4n) is 1.53. The van der Waals surface area contributed by atoms with Crippen molar-refractivity contribution in [1.29, 1.82) is 5.26 Å². The molecule has 1 rings (SSSR count). The van der Waals surface area contributed by atoms with Crippen LogP contribution in [0.5, 0.6) is 0 Å². The largest absolute Gasteiger partial charge is 0.392 e. The Morgan fingerprint density at radius 1 is 1.42 bits per heavy atom. The number of nitriles is 1. The summed E-state index contributed by atoms with van der Waals surface area (Å²) in [6, 6.07) is 2.12. The van der Waals surface area contributed by atoms with Gasteiger partial charge >= 0.3 is 0 Å². The van der Waals surface area contributed by atoms with E-state index in [1.807, 2.05) is 0 Å². The quantitative estimate of drug-likeness (QED) is 0.683. The minimum absolute atomic E-state index is 0.123. The van der Waals surface area contributed by atoms with Crippen LogP contribution < -0.4 is 0 Å².